The molecule has 2 aromatic rings. The summed E-state index contributed by atoms with van der Waals surface area (Å²) in [5.41, 5.74) is 2.17. The summed E-state index contributed by atoms with van der Waals surface area (Å²) in [6, 6.07) is 14.3. The zero-order chi connectivity index (χ0) is 14.7. The van der Waals surface area contributed by atoms with E-state index in [9.17, 15) is 9.90 Å². The van der Waals surface area contributed by atoms with Crippen molar-refractivity contribution in [2.24, 2.45) is 0 Å². The lowest BCUT2D eigenvalue weighted by Crippen LogP contribution is -2.18. The van der Waals surface area contributed by atoms with Gasteiger partial charge in [-0.1, -0.05) is 12.1 Å². The topological polar surface area (TPSA) is 52.6 Å². The zero-order valence-electron chi connectivity index (χ0n) is 11.7. The zero-order valence-corrected chi connectivity index (χ0v) is 11.7. The van der Waals surface area contributed by atoms with E-state index in [0.717, 1.165) is 18.8 Å². The Hall–Kier alpha value is -2.49. The molecule has 3 rings (SSSR count). The fourth-order valence-electron chi connectivity index (χ4n) is 2.57. The number of amides is 1. The molecule has 1 saturated heterocycles. The molecule has 1 aliphatic heterocycles. The van der Waals surface area contributed by atoms with Gasteiger partial charge in [0, 0.05) is 24.3 Å². The van der Waals surface area contributed by atoms with Crippen LogP contribution in [0.3, 0.4) is 0 Å². The summed E-state index contributed by atoms with van der Waals surface area (Å²) in [6.07, 6.45) is 2.46. The van der Waals surface area contributed by atoms with Gasteiger partial charge >= 0.3 is 0 Å². The van der Waals surface area contributed by atoms with Gasteiger partial charge in [-0.05, 0) is 49.2 Å². The number of aromatic hydroxyl groups is 1. The minimum atomic E-state index is -0.218. The van der Waals surface area contributed by atoms with Crippen molar-refractivity contribution in [3.8, 4) is 5.75 Å². The van der Waals surface area contributed by atoms with E-state index in [1.165, 1.54) is 12.8 Å². The maximum absolute atomic E-state index is 12.2. The Labute approximate surface area is 124 Å². The molecule has 0 radical (unpaired) electrons. The van der Waals surface area contributed by atoms with Crippen molar-refractivity contribution < 1.29 is 9.90 Å². The largest absolute Gasteiger partial charge is 0.506 e. The number of nitrogens with one attached hydrogen (secondary N) is 1. The van der Waals surface area contributed by atoms with Crippen LogP contribution < -0.4 is 10.2 Å². The van der Waals surface area contributed by atoms with E-state index in [1.54, 1.807) is 24.3 Å². The van der Waals surface area contributed by atoms with Gasteiger partial charge in [0.05, 0.1) is 5.69 Å². The van der Waals surface area contributed by atoms with Gasteiger partial charge in [-0.25, -0.2) is 0 Å². The quantitative estimate of drug-likeness (QED) is 0.850. The van der Waals surface area contributed by atoms with Crippen molar-refractivity contribution in [1.82, 2.24) is 0 Å². The van der Waals surface area contributed by atoms with Crippen LogP contribution >= 0.6 is 0 Å². The molecule has 0 aliphatic carbocycles. The first-order valence-corrected chi connectivity index (χ1v) is 7.18. The lowest BCUT2D eigenvalue weighted by Gasteiger charge is -2.17. The Morgan fingerprint density at radius 2 is 1.67 bits per heavy atom. The monoisotopic (exact) mass is 282 g/mol. The fourth-order valence-corrected chi connectivity index (χ4v) is 2.57. The molecule has 0 atom stereocenters. The van der Waals surface area contributed by atoms with Gasteiger partial charge in [0.2, 0.25) is 0 Å². The number of para-hydroxylation sites is 2. The van der Waals surface area contributed by atoms with Gasteiger partial charge in [0.15, 0.2) is 0 Å². The van der Waals surface area contributed by atoms with E-state index in [0.29, 0.717) is 11.3 Å². The second-order valence-electron chi connectivity index (χ2n) is 5.21. The molecule has 1 fully saturated rings. The lowest BCUT2D eigenvalue weighted by molar-refractivity contribution is 0.102. The first kappa shape index (κ1) is 13.5. The predicted molar refractivity (Wildman–Crippen MR) is 83.9 cm³/mol. The van der Waals surface area contributed by atoms with Crippen molar-refractivity contribution in [1.29, 1.82) is 0 Å². The molecular formula is C17H18N2O2. The minimum Gasteiger partial charge on any atom is -0.506 e. The number of anilines is 2. The number of hydrogen-bond acceptors (Lipinski definition) is 3. The number of hydrogen-bond donors (Lipinski definition) is 2. The van der Waals surface area contributed by atoms with Crippen molar-refractivity contribution >= 4 is 17.3 Å². The third-order valence-corrected chi connectivity index (χ3v) is 3.75. The van der Waals surface area contributed by atoms with Gasteiger partial charge in [-0.15, -0.1) is 0 Å². The molecule has 1 amide bonds. The van der Waals surface area contributed by atoms with Crippen LogP contribution in [-0.4, -0.2) is 24.1 Å². The maximum atomic E-state index is 12.2. The summed E-state index contributed by atoms with van der Waals surface area (Å²) in [6.45, 7) is 2.17. The van der Waals surface area contributed by atoms with Gasteiger partial charge in [0.25, 0.3) is 5.91 Å². The molecule has 4 heteroatoms. The Morgan fingerprint density at radius 1 is 1.00 bits per heavy atom. The number of carbonyl (C=O) groups is 1. The highest BCUT2D eigenvalue weighted by Crippen LogP contribution is 2.23. The molecule has 1 heterocycles. The van der Waals surface area contributed by atoms with Gasteiger partial charge in [-0.2, -0.15) is 0 Å². The molecule has 0 aromatic heterocycles. The Kier molecular flexibility index (Phi) is 3.77. The van der Waals surface area contributed by atoms with E-state index in [4.69, 9.17) is 0 Å². The molecule has 4 nitrogen and oxygen atoms in total. The van der Waals surface area contributed by atoms with Gasteiger partial charge < -0.3 is 15.3 Å². The number of phenols is 1. The molecule has 2 aromatic carbocycles. The summed E-state index contributed by atoms with van der Waals surface area (Å²) in [5, 5.41) is 12.4. The molecule has 0 bridgehead atoms. The van der Waals surface area contributed by atoms with Crippen LogP contribution in [0.15, 0.2) is 48.5 Å². The number of carbonyl (C=O) groups excluding carboxylic acids is 1. The SMILES string of the molecule is O=C(Nc1ccccc1O)c1ccc(N2CCCC2)cc1. The average molecular weight is 282 g/mol. The Morgan fingerprint density at radius 3 is 2.33 bits per heavy atom. The Balaban J connectivity index is 1.71. The number of phenolic OH excluding ortho intramolecular Hbond substituents is 1. The predicted octanol–water partition coefficient (Wildman–Crippen LogP) is 3.24. The lowest BCUT2D eigenvalue weighted by atomic mass is 10.1. The fraction of sp³-hybridized carbons (Fsp3) is 0.235. The van der Waals surface area contributed by atoms with Gasteiger partial charge in [0.1, 0.15) is 5.75 Å². The minimum absolute atomic E-state index is 0.0690. The van der Waals surface area contributed by atoms with Crippen molar-refractivity contribution in [2.45, 2.75) is 12.8 Å². The molecule has 1 aliphatic rings. The molecular weight excluding hydrogens is 264 g/mol. The smallest absolute Gasteiger partial charge is 0.255 e. The highest BCUT2D eigenvalue weighted by Gasteiger charge is 2.13. The van der Waals surface area contributed by atoms with E-state index < -0.39 is 0 Å². The summed E-state index contributed by atoms with van der Waals surface area (Å²) >= 11 is 0. The van der Waals surface area contributed by atoms with Crippen LogP contribution in [0.4, 0.5) is 11.4 Å². The van der Waals surface area contributed by atoms with Crippen LogP contribution in [0.25, 0.3) is 0 Å². The summed E-state index contributed by atoms with van der Waals surface area (Å²) in [7, 11) is 0. The molecule has 0 spiro atoms. The van der Waals surface area contributed by atoms with E-state index in [1.807, 2.05) is 24.3 Å². The second-order valence-corrected chi connectivity index (χ2v) is 5.21. The van der Waals surface area contributed by atoms with Crippen molar-refractivity contribution in [3.63, 3.8) is 0 Å². The molecule has 21 heavy (non-hydrogen) atoms. The third-order valence-electron chi connectivity index (χ3n) is 3.75. The van der Waals surface area contributed by atoms with Crippen LogP contribution in [-0.2, 0) is 0 Å². The van der Waals surface area contributed by atoms with E-state index >= 15 is 0 Å². The van der Waals surface area contributed by atoms with Crippen LogP contribution in [0.2, 0.25) is 0 Å². The van der Waals surface area contributed by atoms with Crippen LogP contribution in [0, 0.1) is 0 Å². The second kappa shape index (κ2) is 5.87. The molecule has 0 unspecified atom stereocenters. The van der Waals surface area contributed by atoms with E-state index in [-0.39, 0.29) is 11.7 Å². The molecule has 108 valence electrons. The third kappa shape index (κ3) is 2.99. The van der Waals surface area contributed by atoms with Gasteiger partial charge in [-0.3, -0.25) is 4.79 Å². The van der Waals surface area contributed by atoms with Crippen molar-refractivity contribution in [2.75, 3.05) is 23.3 Å². The first-order valence-electron chi connectivity index (χ1n) is 7.18. The van der Waals surface area contributed by atoms with E-state index in [2.05, 4.69) is 10.2 Å². The van der Waals surface area contributed by atoms with Crippen LogP contribution in [0.5, 0.6) is 5.75 Å². The standard InChI is InChI=1S/C17H18N2O2/c20-16-6-2-1-5-15(16)18-17(21)13-7-9-14(10-8-13)19-11-3-4-12-19/h1-2,5-10,20H,3-4,11-12H2,(H,18,21). The number of nitrogens with zero attached hydrogens (tertiary/aromatic N) is 1. The van der Waals surface area contributed by atoms with Crippen molar-refractivity contribution in [3.05, 3.63) is 54.1 Å². The number of rotatable bonds is 3. The number of benzene rings is 2. The highest BCUT2D eigenvalue weighted by molar-refractivity contribution is 6.05. The highest BCUT2D eigenvalue weighted by atomic mass is 16.3. The molecule has 2 N–H and O–H groups in total. The Bertz CT molecular complexity index is 631. The average Bonchev–Trinajstić information content (AvgIpc) is 3.04. The molecule has 0 saturated carbocycles. The summed E-state index contributed by atoms with van der Waals surface area (Å²) < 4.78 is 0. The maximum Gasteiger partial charge on any atom is 0.255 e. The van der Waals surface area contributed by atoms with Crippen LogP contribution in [0.1, 0.15) is 23.2 Å². The summed E-state index contributed by atoms with van der Waals surface area (Å²) in [4.78, 5) is 14.5. The summed E-state index contributed by atoms with van der Waals surface area (Å²) in [5.74, 6) is -0.149. The normalized spacial score (nSPS) is 14.2. The first-order chi connectivity index (χ1) is 10.2.